The van der Waals surface area contributed by atoms with Gasteiger partial charge in [-0.25, -0.2) is 0 Å². The van der Waals surface area contributed by atoms with Crippen LogP contribution in [0.3, 0.4) is 0 Å². The minimum Gasteiger partial charge on any atom is -0.394 e. The molecule has 2 aliphatic rings. The van der Waals surface area contributed by atoms with Gasteiger partial charge in [0.2, 0.25) is 0 Å². The van der Waals surface area contributed by atoms with Gasteiger partial charge < -0.3 is 34.6 Å². The summed E-state index contributed by atoms with van der Waals surface area (Å²) in [6.45, 7) is -1.18. The Hall–Kier alpha value is -0.790. The summed E-state index contributed by atoms with van der Waals surface area (Å²) in [5.41, 5.74) is 0. The van der Waals surface area contributed by atoms with Crippen molar-refractivity contribution in [2.24, 2.45) is 15.5 Å². The van der Waals surface area contributed by atoms with Crippen molar-refractivity contribution in [3.05, 3.63) is 14.7 Å². The predicted octanol–water partition coefficient (Wildman–Crippen LogP) is -1.70. The topological polar surface area (TPSA) is 206 Å². The molecule has 0 amide bonds. The Bertz CT molecular complexity index is 531. The number of halogens is 1. The van der Waals surface area contributed by atoms with E-state index in [1.165, 1.54) is 23.0 Å². The maximum atomic E-state index is 11.0. The highest BCUT2D eigenvalue weighted by molar-refractivity contribution is 14.1. The van der Waals surface area contributed by atoms with E-state index < -0.39 is 74.4 Å². The molecular formula is C12H18IN3O11. The lowest BCUT2D eigenvalue weighted by atomic mass is 9.95. The van der Waals surface area contributed by atoms with Gasteiger partial charge in [-0.05, 0) is 0 Å². The van der Waals surface area contributed by atoms with E-state index in [1.54, 1.807) is 0 Å². The molecule has 2 rings (SSSR count). The zero-order chi connectivity index (χ0) is 20.1. The third kappa shape index (κ3) is 4.62. The van der Waals surface area contributed by atoms with E-state index in [4.69, 9.17) is 17.3 Å². The first-order chi connectivity index (χ1) is 12.9. The first-order valence-electron chi connectivity index (χ1n) is 7.76. The number of rotatable bonds is 8. The Morgan fingerprint density at radius 2 is 1.48 bits per heavy atom. The average molecular weight is 507 g/mol. The van der Waals surface area contributed by atoms with Gasteiger partial charge in [-0.1, -0.05) is 15.5 Å². The number of aliphatic hydroxyl groups excluding tert-OH is 4. The molecule has 154 valence electrons. The second-order valence-corrected chi connectivity index (χ2v) is 6.44. The Kier molecular flexibility index (Phi) is 8.43. The van der Waals surface area contributed by atoms with Gasteiger partial charge in [0.1, 0.15) is 78.3 Å². The first-order valence-corrected chi connectivity index (χ1v) is 8.64. The second kappa shape index (κ2) is 10.1. The third-order valence-corrected chi connectivity index (χ3v) is 4.87. The van der Waals surface area contributed by atoms with Crippen molar-refractivity contribution in [1.82, 2.24) is 0 Å². The molecule has 0 bridgehead atoms. The molecule has 0 saturated carbocycles. The Labute approximate surface area is 165 Å². The quantitative estimate of drug-likeness (QED) is 0.215. The fraction of sp³-hybridized carbons (Fsp3) is 1.00. The van der Waals surface area contributed by atoms with Crippen molar-refractivity contribution in [3.63, 3.8) is 0 Å². The maximum Gasteiger partial charge on any atom is 0.198 e. The monoisotopic (exact) mass is 507 g/mol. The highest BCUT2D eigenvalue weighted by Gasteiger charge is 2.52. The SMILES string of the molecule is O=NC[C@@H]1O[C@H](O[C@H]2[C@H](OI)O[C@H](CO)[C@@H](N=O)[C@@H]2O)[C@@H](O)[C@H](O)[C@H]1N=O. The summed E-state index contributed by atoms with van der Waals surface area (Å²) in [6.07, 6.45) is -11.9. The Balaban J connectivity index is 2.20. The molecule has 27 heavy (non-hydrogen) atoms. The Morgan fingerprint density at radius 1 is 0.889 bits per heavy atom. The van der Waals surface area contributed by atoms with Gasteiger partial charge in [0.25, 0.3) is 0 Å². The van der Waals surface area contributed by atoms with Crippen LogP contribution >= 0.6 is 23.0 Å². The zero-order valence-corrected chi connectivity index (χ0v) is 15.7. The largest absolute Gasteiger partial charge is 0.394 e. The lowest BCUT2D eigenvalue weighted by Gasteiger charge is -2.44. The van der Waals surface area contributed by atoms with Crippen LogP contribution in [0.25, 0.3) is 0 Å². The van der Waals surface area contributed by atoms with Crippen molar-refractivity contribution in [3.8, 4) is 0 Å². The van der Waals surface area contributed by atoms with E-state index in [1.807, 2.05) is 0 Å². The molecule has 0 aliphatic carbocycles. The molecule has 0 unspecified atom stereocenters. The molecule has 0 aromatic heterocycles. The summed E-state index contributed by atoms with van der Waals surface area (Å²) in [7, 11) is 0. The van der Waals surface area contributed by atoms with Crippen molar-refractivity contribution >= 4 is 23.0 Å². The van der Waals surface area contributed by atoms with Crippen LogP contribution in [-0.2, 0) is 17.3 Å². The standard InChI is InChI=1S/C12H18IN3O11/c13-27-12-10(8(19)6(16-23)4(2-17)25-12)26-11-9(20)7(18)5(15-22)3(24-11)1-14-21/h3-12,17-20H,1-2H2/t3-,4+,5-,6+,7+,8-,9-,10+,11+,12-/m0/s1. The molecular weight excluding hydrogens is 489 g/mol. The number of ether oxygens (including phenoxy) is 3. The molecule has 10 atom stereocenters. The number of nitroso groups, excluding NO2 is 3. The van der Waals surface area contributed by atoms with Crippen LogP contribution in [0.2, 0.25) is 0 Å². The molecule has 4 N–H and O–H groups in total. The van der Waals surface area contributed by atoms with Crippen LogP contribution in [0, 0.1) is 14.7 Å². The molecule has 2 saturated heterocycles. The number of hydrogen-bond acceptors (Lipinski definition) is 14. The van der Waals surface area contributed by atoms with Crippen LogP contribution in [0.1, 0.15) is 0 Å². The molecule has 2 heterocycles. The highest BCUT2D eigenvalue weighted by Crippen LogP contribution is 2.32. The summed E-state index contributed by atoms with van der Waals surface area (Å²) in [6, 6.07) is -2.88. The minimum absolute atomic E-state index is 0.554. The molecule has 15 heteroatoms. The van der Waals surface area contributed by atoms with Gasteiger partial charge in [0.05, 0.1) is 6.61 Å². The van der Waals surface area contributed by atoms with Crippen LogP contribution in [0.15, 0.2) is 15.5 Å². The molecule has 0 aromatic carbocycles. The van der Waals surface area contributed by atoms with Crippen molar-refractivity contribution < 1.29 is 37.7 Å². The zero-order valence-electron chi connectivity index (χ0n) is 13.6. The molecule has 0 aromatic rings. The van der Waals surface area contributed by atoms with Crippen LogP contribution in [0.5, 0.6) is 0 Å². The molecule has 0 spiro atoms. The van der Waals surface area contributed by atoms with Gasteiger partial charge in [-0.3, -0.25) is 3.07 Å². The fourth-order valence-electron chi connectivity index (χ4n) is 2.94. The van der Waals surface area contributed by atoms with Gasteiger partial charge >= 0.3 is 0 Å². The normalized spacial score (nSPS) is 45.2. The van der Waals surface area contributed by atoms with Crippen LogP contribution < -0.4 is 0 Å². The summed E-state index contributed by atoms with van der Waals surface area (Å²) < 4.78 is 21.0. The third-order valence-electron chi connectivity index (χ3n) is 4.37. The minimum atomic E-state index is -1.78. The van der Waals surface area contributed by atoms with Crippen LogP contribution in [0.4, 0.5) is 0 Å². The number of hydrogen-bond donors (Lipinski definition) is 4. The van der Waals surface area contributed by atoms with Gasteiger partial charge in [-0.15, -0.1) is 0 Å². The summed E-state index contributed by atoms with van der Waals surface area (Å²) >= 11 is 1.44. The maximum absolute atomic E-state index is 11.0. The lowest BCUT2D eigenvalue weighted by molar-refractivity contribution is -0.332. The van der Waals surface area contributed by atoms with E-state index in [2.05, 4.69) is 15.5 Å². The smallest absolute Gasteiger partial charge is 0.198 e. The van der Waals surface area contributed by atoms with Crippen molar-refractivity contribution in [2.45, 2.75) is 61.3 Å². The molecule has 0 radical (unpaired) electrons. The summed E-state index contributed by atoms with van der Waals surface area (Å²) in [5, 5.41) is 47.7. The van der Waals surface area contributed by atoms with E-state index in [9.17, 15) is 35.1 Å². The molecule has 2 aliphatic heterocycles. The Morgan fingerprint density at radius 3 is 2.00 bits per heavy atom. The number of aliphatic hydroxyl groups is 4. The average Bonchev–Trinajstić information content (AvgIpc) is 2.67. The van der Waals surface area contributed by atoms with E-state index in [0.717, 1.165) is 0 Å². The van der Waals surface area contributed by atoms with E-state index in [-0.39, 0.29) is 0 Å². The molecule has 2 fully saturated rings. The first kappa shape index (κ1) is 22.5. The summed E-state index contributed by atoms with van der Waals surface area (Å²) in [5.74, 6) is 0. The lowest BCUT2D eigenvalue weighted by Crippen LogP contribution is -2.63. The molecule has 14 nitrogen and oxygen atoms in total. The van der Waals surface area contributed by atoms with Gasteiger partial charge in [-0.2, -0.15) is 14.7 Å². The van der Waals surface area contributed by atoms with Gasteiger partial charge in [0, 0.05) is 0 Å². The van der Waals surface area contributed by atoms with E-state index in [0.29, 0.717) is 0 Å². The van der Waals surface area contributed by atoms with Crippen LogP contribution in [-0.4, -0.2) is 94.9 Å². The highest BCUT2D eigenvalue weighted by atomic mass is 127. The predicted molar refractivity (Wildman–Crippen MR) is 92.2 cm³/mol. The van der Waals surface area contributed by atoms with Crippen molar-refractivity contribution in [1.29, 1.82) is 0 Å². The van der Waals surface area contributed by atoms with Gasteiger partial charge in [0.15, 0.2) is 12.6 Å². The fourth-order valence-corrected chi connectivity index (χ4v) is 3.35. The summed E-state index contributed by atoms with van der Waals surface area (Å²) in [4.78, 5) is 32.4. The van der Waals surface area contributed by atoms with E-state index >= 15 is 0 Å². The second-order valence-electron chi connectivity index (χ2n) is 5.93. The van der Waals surface area contributed by atoms with Crippen molar-refractivity contribution in [2.75, 3.05) is 13.2 Å². The number of nitrogens with zero attached hydrogens (tertiary/aromatic N) is 3.